The van der Waals surface area contributed by atoms with E-state index in [0.29, 0.717) is 0 Å². The second-order valence-electron chi connectivity index (χ2n) is 1.78. The predicted octanol–water partition coefficient (Wildman–Crippen LogP) is -1.37. The maximum Gasteiger partial charge on any atom is 1.00 e. The Morgan fingerprint density at radius 1 is 1.50 bits per heavy atom. The molecule has 0 saturated heterocycles. The molecule has 0 bridgehead atoms. The molecule has 0 N–H and O–H groups in total. The van der Waals surface area contributed by atoms with Crippen LogP contribution in [0.3, 0.4) is 0 Å². The van der Waals surface area contributed by atoms with Crippen LogP contribution in [0.15, 0.2) is 28.9 Å². The summed E-state index contributed by atoms with van der Waals surface area (Å²) in [6.07, 6.45) is 6.02. The Kier molecular flexibility index (Phi) is 2.16. The van der Waals surface area contributed by atoms with Gasteiger partial charge in [0, 0.05) is 12.4 Å². The minimum atomic E-state index is 0. The first kappa shape index (κ1) is 7.40. The second-order valence-corrected chi connectivity index (χ2v) is 1.78. The molecule has 2 heterocycles. The number of hydrogen-bond acceptors (Lipinski definition) is 2. The van der Waals surface area contributed by atoms with E-state index in [1.807, 2.05) is 6.07 Å². The minimum Gasteiger partial charge on any atom is -0.590 e. The SMILES string of the molecule is [Li+].[c-]1cc2ccncc2o1. The molecule has 0 unspecified atom stereocenters. The Bertz CT molecular complexity index is 288. The molecule has 0 atom stereocenters. The van der Waals surface area contributed by atoms with Crippen LogP contribution in [0.4, 0.5) is 0 Å². The normalized spacial score (nSPS) is 9.20. The molecular weight excluding hydrogens is 121 g/mol. The summed E-state index contributed by atoms with van der Waals surface area (Å²) in [7, 11) is 0. The van der Waals surface area contributed by atoms with Crippen LogP contribution in [0.25, 0.3) is 11.0 Å². The van der Waals surface area contributed by atoms with Crippen molar-refractivity contribution in [2.75, 3.05) is 0 Å². The summed E-state index contributed by atoms with van der Waals surface area (Å²) in [5, 5.41) is 1.05. The monoisotopic (exact) mass is 125 g/mol. The molecule has 0 fully saturated rings. The third kappa shape index (κ3) is 1.09. The average Bonchev–Trinajstić information content (AvgIpc) is 2.33. The summed E-state index contributed by atoms with van der Waals surface area (Å²) in [5.74, 6) is 0. The summed E-state index contributed by atoms with van der Waals surface area (Å²) >= 11 is 0. The van der Waals surface area contributed by atoms with Crippen molar-refractivity contribution in [1.82, 2.24) is 4.98 Å². The second kappa shape index (κ2) is 2.92. The van der Waals surface area contributed by atoms with Gasteiger partial charge >= 0.3 is 18.9 Å². The third-order valence-electron chi connectivity index (χ3n) is 1.20. The topological polar surface area (TPSA) is 26.0 Å². The van der Waals surface area contributed by atoms with Gasteiger partial charge in [0.2, 0.25) is 0 Å². The van der Waals surface area contributed by atoms with E-state index in [0.717, 1.165) is 11.0 Å². The molecule has 0 amide bonds. The molecule has 2 rings (SSSR count). The van der Waals surface area contributed by atoms with Crippen LogP contribution in [0.5, 0.6) is 0 Å². The zero-order valence-corrected chi connectivity index (χ0v) is 5.66. The van der Waals surface area contributed by atoms with E-state index in [9.17, 15) is 0 Å². The number of fused-ring (bicyclic) bond motifs is 1. The first-order valence-corrected chi connectivity index (χ1v) is 2.66. The molecule has 10 heavy (non-hydrogen) atoms. The molecule has 0 saturated carbocycles. The molecule has 3 heteroatoms. The standard InChI is InChI=1S/C7H4NO.Li/c1-3-8-5-7-6(1)2-4-9-7;/h1-3,5H;/q-1;+1. The number of furan rings is 1. The van der Waals surface area contributed by atoms with Gasteiger partial charge in [0.05, 0.1) is 0 Å². The van der Waals surface area contributed by atoms with Crippen molar-refractivity contribution < 1.29 is 23.3 Å². The van der Waals surface area contributed by atoms with Crippen molar-refractivity contribution in [2.24, 2.45) is 0 Å². The Morgan fingerprint density at radius 2 is 2.40 bits per heavy atom. The summed E-state index contributed by atoms with van der Waals surface area (Å²) < 4.78 is 4.93. The maximum atomic E-state index is 4.93. The van der Waals surface area contributed by atoms with Crippen LogP contribution in [0.2, 0.25) is 0 Å². The van der Waals surface area contributed by atoms with E-state index < -0.39 is 0 Å². The molecule has 44 valence electrons. The summed E-state index contributed by atoms with van der Waals surface area (Å²) in [5.41, 5.74) is 0.789. The molecule has 0 aromatic carbocycles. The zero-order valence-electron chi connectivity index (χ0n) is 5.66. The van der Waals surface area contributed by atoms with Crippen molar-refractivity contribution >= 4 is 11.0 Å². The Labute approximate surface area is 70.4 Å². The zero-order chi connectivity index (χ0) is 6.10. The van der Waals surface area contributed by atoms with E-state index in [2.05, 4.69) is 11.2 Å². The van der Waals surface area contributed by atoms with Crippen molar-refractivity contribution in [1.29, 1.82) is 0 Å². The molecule has 2 aromatic rings. The predicted molar refractivity (Wildman–Crippen MR) is 32.8 cm³/mol. The van der Waals surface area contributed by atoms with Gasteiger partial charge in [-0.2, -0.15) is 0 Å². The van der Waals surface area contributed by atoms with Gasteiger partial charge in [-0.25, -0.2) is 0 Å². The third-order valence-corrected chi connectivity index (χ3v) is 1.20. The fourth-order valence-corrected chi connectivity index (χ4v) is 0.752. The van der Waals surface area contributed by atoms with E-state index in [4.69, 9.17) is 4.42 Å². The molecule has 2 aromatic heterocycles. The molecular formula is C7H4LiNO. The average molecular weight is 125 g/mol. The molecule has 0 radical (unpaired) electrons. The van der Waals surface area contributed by atoms with E-state index in [1.165, 1.54) is 0 Å². The van der Waals surface area contributed by atoms with Gasteiger partial charge in [0.15, 0.2) is 0 Å². The number of pyridine rings is 1. The summed E-state index contributed by atoms with van der Waals surface area (Å²) in [4.78, 5) is 3.87. The van der Waals surface area contributed by atoms with Gasteiger partial charge in [-0.15, -0.1) is 17.5 Å². The first-order valence-electron chi connectivity index (χ1n) is 2.66. The number of nitrogens with zero attached hydrogens (tertiary/aromatic N) is 1. The molecule has 0 spiro atoms. The van der Waals surface area contributed by atoms with Gasteiger partial charge in [-0.1, -0.05) is 0 Å². The molecule has 0 aliphatic heterocycles. The van der Waals surface area contributed by atoms with Crippen molar-refractivity contribution in [3.05, 3.63) is 30.8 Å². The Hall–Kier alpha value is -0.713. The fraction of sp³-hybridized carbons (Fsp3) is 0. The van der Waals surface area contributed by atoms with Gasteiger partial charge < -0.3 is 4.42 Å². The largest absolute Gasteiger partial charge is 1.00 e. The molecule has 0 aliphatic carbocycles. The van der Waals surface area contributed by atoms with Crippen LogP contribution in [-0.4, -0.2) is 4.98 Å². The van der Waals surface area contributed by atoms with Crippen LogP contribution < -0.4 is 18.9 Å². The van der Waals surface area contributed by atoms with Crippen LogP contribution in [0.1, 0.15) is 0 Å². The van der Waals surface area contributed by atoms with E-state index >= 15 is 0 Å². The molecule has 0 aliphatic rings. The fourth-order valence-electron chi connectivity index (χ4n) is 0.752. The first-order chi connectivity index (χ1) is 4.47. The Morgan fingerprint density at radius 3 is 3.20 bits per heavy atom. The van der Waals surface area contributed by atoms with E-state index in [-0.39, 0.29) is 18.9 Å². The van der Waals surface area contributed by atoms with Crippen LogP contribution >= 0.6 is 0 Å². The maximum absolute atomic E-state index is 4.93. The quantitative estimate of drug-likeness (QED) is 0.321. The minimum absolute atomic E-state index is 0. The summed E-state index contributed by atoms with van der Waals surface area (Å²) in [6, 6.07) is 3.67. The van der Waals surface area contributed by atoms with Crippen molar-refractivity contribution in [2.45, 2.75) is 0 Å². The van der Waals surface area contributed by atoms with Crippen molar-refractivity contribution in [3.63, 3.8) is 0 Å². The van der Waals surface area contributed by atoms with Crippen LogP contribution in [-0.2, 0) is 0 Å². The smallest absolute Gasteiger partial charge is 0.590 e. The Balaban J connectivity index is 0.000000500. The van der Waals surface area contributed by atoms with Gasteiger partial charge in [0.25, 0.3) is 0 Å². The number of aromatic nitrogens is 1. The van der Waals surface area contributed by atoms with E-state index in [1.54, 1.807) is 18.5 Å². The van der Waals surface area contributed by atoms with Gasteiger partial charge in [0.1, 0.15) is 0 Å². The van der Waals surface area contributed by atoms with Crippen LogP contribution in [0, 0.1) is 6.26 Å². The van der Waals surface area contributed by atoms with Gasteiger partial charge in [-0.3, -0.25) is 4.98 Å². The number of rotatable bonds is 0. The molecule has 2 nitrogen and oxygen atoms in total. The summed E-state index contributed by atoms with van der Waals surface area (Å²) in [6.45, 7) is 0. The van der Waals surface area contributed by atoms with Crippen molar-refractivity contribution in [3.8, 4) is 0 Å². The number of hydrogen-bond donors (Lipinski definition) is 0. The van der Waals surface area contributed by atoms with Gasteiger partial charge in [-0.05, 0) is 11.8 Å².